The number of esters is 1. The zero-order valence-corrected chi connectivity index (χ0v) is 16.6. The Morgan fingerprint density at radius 2 is 1.04 bits per heavy atom. The highest BCUT2D eigenvalue weighted by Gasteiger charge is 1.99. The highest BCUT2D eigenvalue weighted by molar-refractivity contribution is 5.68. The van der Waals surface area contributed by atoms with Crippen molar-refractivity contribution in [3.8, 4) is 0 Å². The molecule has 0 heterocycles. The minimum Gasteiger partial charge on any atom is -0.469 e. The Hall–Kier alpha value is -0.650. The van der Waals surface area contributed by atoms with Crippen LogP contribution < -0.4 is 0 Å². The monoisotopic (exact) mass is 360 g/mol. The van der Waals surface area contributed by atoms with Gasteiger partial charge in [-0.1, -0.05) is 58.3 Å². The number of carbonyl (C=O) groups is 1. The van der Waals surface area contributed by atoms with Crippen molar-refractivity contribution in [2.24, 2.45) is 0 Å². The SMILES string of the molecule is CCCCCCCCCCCOCCOCCOCCCC(=O)OC. The van der Waals surface area contributed by atoms with Crippen molar-refractivity contribution >= 4 is 5.97 Å². The molecule has 0 fully saturated rings. The number of hydrogen-bond acceptors (Lipinski definition) is 5. The summed E-state index contributed by atoms with van der Waals surface area (Å²) >= 11 is 0. The number of rotatable bonds is 20. The van der Waals surface area contributed by atoms with Crippen molar-refractivity contribution in [2.75, 3.05) is 46.8 Å². The first-order valence-corrected chi connectivity index (χ1v) is 10.1. The van der Waals surface area contributed by atoms with E-state index < -0.39 is 0 Å². The Morgan fingerprint density at radius 3 is 1.56 bits per heavy atom. The lowest BCUT2D eigenvalue weighted by Crippen LogP contribution is -2.11. The quantitative estimate of drug-likeness (QED) is 0.236. The average Bonchev–Trinajstić information content (AvgIpc) is 2.63. The maximum atomic E-state index is 10.9. The molecule has 0 aliphatic heterocycles. The van der Waals surface area contributed by atoms with Crippen molar-refractivity contribution in [2.45, 2.75) is 77.6 Å². The second-order valence-corrected chi connectivity index (χ2v) is 6.35. The van der Waals surface area contributed by atoms with E-state index in [9.17, 15) is 4.79 Å². The number of methoxy groups -OCH3 is 1. The van der Waals surface area contributed by atoms with E-state index in [-0.39, 0.29) is 5.97 Å². The molecule has 0 atom stereocenters. The molecular formula is C20H40O5. The first kappa shape index (κ1) is 24.4. The smallest absolute Gasteiger partial charge is 0.305 e. The fraction of sp³-hybridized carbons (Fsp3) is 0.950. The molecule has 0 rings (SSSR count). The third kappa shape index (κ3) is 21.3. The molecule has 5 heteroatoms. The number of carbonyl (C=O) groups excluding carboxylic acids is 1. The summed E-state index contributed by atoms with van der Waals surface area (Å²) in [6.07, 6.45) is 13.1. The lowest BCUT2D eigenvalue weighted by molar-refractivity contribution is -0.141. The summed E-state index contributed by atoms with van der Waals surface area (Å²) in [6, 6.07) is 0. The standard InChI is InChI=1S/C20H40O5/c1-3-4-5-6-7-8-9-10-11-14-23-16-18-25-19-17-24-15-12-13-20(21)22-2/h3-19H2,1-2H3. The summed E-state index contributed by atoms with van der Waals surface area (Å²) in [5, 5.41) is 0. The molecule has 0 unspecified atom stereocenters. The van der Waals surface area contributed by atoms with Gasteiger partial charge >= 0.3 is 5.97 Å². The number of unbranched alkanes of at least 4 members (excludes halogenated alkanes) is 8. The summed E-state index contributed by atoms with van der Waals surface area (Å²) in [6.45, 7) is 6.05. The highest BCUT2D eigenvalue weighted by Crippen LogP contribution is 2.09. The predicted octanol–water partition coefficient (Wildman–Crippen LogP) is 4.52. The van der Waals surface area contributed by atoms with Gasteiger partial charge in [-0.25, -0.2) is 0 Å². The molecule has 0 N–H and O–H groups in total. The van der Waals surface area contributed by atoms with Crippen LogP contribution in [0.15, 0.2) is 0 Å². The van der Waals surface area contributed by atoms with Gasteiger partial charge in [-0.05, 0) is 12.8 Å². The van der Waals surface area contributed by atoms with Crippen LogP contribution in [-0.4, -0.2) is 52.7 Å². The van der Waals surface area contributed by atoms with E-state index in [1.165, 1.54) is 58.5 Å². The van der Waals surface area contributed by atoms with Crippen molar-refractivity contribution < 1.29 is 23.7 Å². The van der Waals surface area contributed by atoms with Gasteiger partial charge in [0.05, 0.1) is 33.5 Å². The molecule has 0 amide bonds. The molecule has 0 aromatic rings. The third-order valence-corrected chi connectivity index (χ3v) is 4.03. The molecule has 0 spiro atoms. The normalized spacial score (nSPS) is 11.0. The zero-order chi connectivity index (χ0) is 18.4. The summed E-state index contributed by atoms with van der Waals surface area (Å²) in [4.78, 5) is 10.9. The van der Waals surface area contributed by atoms with Gasteiger partial charge < -0.3 is 18.9 Å². The molecule has 25 heavy (non-hydrogen) atoms. The summed E-state index contributed by atoms with van der Waals surface area (Å²) in [5.41, 5.74) is 0. The Balaban J connectivity index is 2.99. The zero-order valence-electron chi connectivity index (χ0n) is 16.6. The van der Waals surface area contributed by atoms with Crippen LogP contribution in [0.2, 0.25) is 0 Å². The lowest BCUT2D eigenvalue weighted by Gasteiger charge is -2.07. The van der Waals surface area contributed by atoms with E-state index in [0.717, 1.165) is 13.0 Å². The predicted molar refractivity (Wildman–Crippen MR) is 101 cm³/mol. The summed E-state index contributed by atoms with van der Waals surface area (Å²) < 4.78 is 20.9. The number of hydrogen-bond donors (Lipinski definition) is 0. The van der Waals surface area contributed by atoms with E-state index in [1.807, 2.05) is 0 Å². The molecule has 0 aromatic carbocycles. The van der Waals surface area contributed by atoms with Gasteiger partial charge in [-0.2, -0.15) is 0 Å². The van der Waals surface area contributed by atoms with Gasteiger partial charge in [0, 0.05) is 19.6 Å². The maximum absolute atomic E-state index is 10.9. The van der Waals surface area contributed by atoms with Crippen molar-refractivity contribution in [3.63, 3.8) is 0 Å². The van der Waals surface area contributed by atoms with E-state index in [1.54, 1.807) is 0 Å². The molecule has 150 valence electrons. The summed E-state index contributed by atoms with van der Waals surface area (Å²) in [5.74, 6) is -0.191. The number of ether oxygens (including phenoxy) is 4. The topological polar surface area (TPSA) is 54.0 Å². The molecule has 5 nitrogen and oxygen atoms in total. The van der Waals surface area contributed by atoms with E-state index in [4.69, 9.17) is 14.2 Å². The second kappa shape index (κ2) is 21.4. The Labute approximate surface area is 154 Å². The molecule has 0 aromatic heterocycles. The van der Waals surface area contributed by atoms with Gasteiger partial charge in [0.2, 0.25) is 0 Å². The van der Waals surface area contributed by atoms with Gasteiger partial charge in [0.15, 0.2) is 0 Å². The van der Waals surface area contributed by atoms with Crippen LogP contribution in [-0.2, 0) is 23.7 Å². The molecule has 0 aliphatic carbocycles. The van der Waals surface area contributed by atoms with Crippen LogP contribution >= 0.6 is 0 Å². The van der Waals surface area contributed by atoms with Crippen molar-refractivity contribution in [1.82, 2.24) is 0 Å². The van der Waals surface area contributed by atoms with Gasteiger partial charge in [-0.15, -0.1) is 0 Å². The Kier molecular flexibility index (Phi) is 20.8. The van der Waals surface area contributed by atoms with Gasteiger partial charge in [-0.3, -0.25) is 4.79 Å². The molecular weight excluding hydrogens is 320 g/mol. The fourth-order valence-electron chi connectivity index (χ4n) is 2.48. The third-order valence-electron chi connectivity index (χ3n) is 4.03. The second-order valence-electron chi connectivity index (χ2n) is 6.35. The van der Waals surface area contributed by atoms with Crippen LogP contribution in [0, 0.1) is 0 Å². The van der Waals surface area contributed by atoms with Gasteiger partial charge in [0.25, 0.3) is 0 Å². The molecule has 0 radical (unpaired) electrons. The van der Waals surface area contributed by atoms with E-state index in [2.05, 4.69) is 11.7 Å². The van der Waals surface area contributed by atoms with Crippen molar-refractivity contribution in [1.29, 1.82) is 0 Å². The van der Waals surface area contributed by atoms with Crippen LogP contribution in [0.5, 0.6) is 0 Å². The van der Waals surface area contributed by atoms with Crippen LogP contribution in [0.1, 0.15) is 77.6 Å². The fourth-order valence-corrected chi connectivity index (χ4v) is 2.48. The van der Waals surface area contributed by atoms with E-state index >= 15 is 0 Å². The van der Waals surface area contributed by atoms with Crippen LogP contribution in [0.4, 0.5) is 0 Å². The summed E-state index contributed by atoms with van der Waals surface area (Å²) in [7, 11) is 1.40. The minimum absolute atomic E-state index is 0.191. The minimum atomic E-state index is -0.191. The van der Waals surface area contributed by atoms with E-state index in [0.29, 0.717) is 45.9 Å². The lowest BCUT2D eigenvalue weighted by atomic mass is 10.1. The van der Waals surface area contributed by atoms with Gasteiger partial charge in [0.1, 0.15) is 0 Å². The highest BCUT2D eigenvalue weighted by atomic mass is 16.5. The Morgan fingerprint density at radius 1 is 0.600 bits per heavy atom. The molecule has 0 bridgehead atoms. The van der Waals surface area contributed by atoms with Crippen LogP contribution in [0.3, 0.4) is 0 Å². The maximum Gasteiger partial charge on any atom is 0.305 e. The average molecular weight is 361 g/mol. The van der Waals surface area contributed by atoms with Crippen LogP contribution in [0.25, 0.3) is 0 Å². The van der Waals surface area contributed by atoms with Crippen molar-refractivity contribution in [3.05, 3.63) is 0 Å². The first-order chi connectivity index (χ1) is 12.3. The Bertz CT molecular complexity index is 271. The molecule has 0 saturated heterocycles. The molecule has 0 saturated carbocycles. The largest absolute Gasteiger partial charge is 0.469 e. The molecule has 0 aliphatic rings. The first-order valence-electron chi connectivity index (χ1n) is 10.1.